The van der Waals surface area contributed by atoms with Crippen LogP contribution in [-0.4, -0.2) is 13.1 Å². The lowest BCUT2D eigenvalue weighted by molar-refractivity contribution is 0.249. The van der Waals surface area contributed by atoms with Crippen molar-refractivity contribution >= 4 is 0 Å². The van der Waals surface area contributed by atoms with Crippen molar-refractivity contribution < 1.29 is 4.39 Å². The summed E-state index contributed by atoms with van der Waals surface area (Å²) in [7, 11) is 0. The summed E-state index contributed by atoms with van der Waals surface area (Å²) in [4.78, 5) is 0. The molecule has 0 spiro atoms. The molecule has 21 heavy (non-hydrogen) atoms. The van der Waals surface area contributed by atoms with Gasteiger partial charge in [-0.15, -0.1) is 0 Å². The summed E-state index contributed by atoms with van der Waals surface area (Å²) in [6, 6.07) is 7.15. The van der Waals surface area contributed by atoms with Crippen LogP contribution in [0.2, 0.25) is 0 Å². The molecule has 0 unspecified atom stereocenters. The highest BCUT2D eigenvalue weighted by Gasteiger charge is 2.37. The van der Waals surface area contributed by atoms with Gasteiger partial charge in [0.25, 0.3) is 0 Å². The summed E-state index contributed by atoms with van der Waals surface area (Å²) in [5, 5.41) is 3.40. The van der Waals surface area contributed by atoms with E-state index in [1.165, 1.54) is 63.4 Å². The quantitative estimate of drug-likeness (QED) is 0.584. The van der Waals surface area contributed by atoms with Crippen molar-refractivity contribution in [2.24, 2.45) is 0 Å². The standard InChI is InChI=1S/C19H30FN/c1-2-3-4-5-6-7-8-9-14-19(15-21-16-19)17-10-12-18(20)13-11-17/h10-13,21H,2-9,14-16H2,1H3. The lowest BCUT2D eigenvalue weighted by Crippen LogP contribution is -2.56. The second kappa shape index (κ2) is 8.53. The van der Waals surface area contributed by atoms with Crippen LogP contribution in [-0.2, 0) is 5.41 Å². The van der Waals surface area contributed by atoms with Gasteiger partial charge in [0.2, 0.25) is 0 Å². The molecule has 0 amide bonds. The van der Waals surface area contributed by atoms with E-state index in [1.54, 1.807) is 12.1 Å². The van der Waals surface area contributed by atoms with Crippen molar-refractivity contribution in [3.8, 4) is 0 Å². The molecule has 0 bridgehead atoms. The molecule has 1 fully saturated rings. The van der Waals surface area contributed by atoms with Gasteiger partial charge >= 0.3 is 0 Å². The Hall–Kier alpha value is -0.890. The maximum atomic E-state index is 13.1. The molecule has 0 saturated carbocycles. The van der Waals surface area contributed by atoms with Crippen LogP contribution in [0.4, 0.5) is 4.39 Å². The lowest BCUT2D eigenvalue weighted by atomic mass is 9.71. The second-order valence-corrected chi connectivity index (χ2v) is 6.62. The van der Waals surface area contributed by atoms with E-state index in [-0.39, 0.29) is 11.2 Å². The summed E-state index contributed by atoms with van der Waals surface area (Å²) < 4.78 is 13.1. The molecule has 0 aliphatic carbocycles. The number of hydrogen-bond acceptors (Lipinski definition) is 1. The van der Waals surface area contributed by atoms with E-state index in [0.29, 0.717) is 0 Å². The van der Waals surface area contributed by atoms with Crippen LogP contribution >= 0.6 is 0 Å². The largest absolute Gasteiger partial charge is 0.315 e. The third-order valence-electron chi connectivity index (χ3n) is 4.89. The predicted molar refractivity (Wildman–Crippen MR) is 88.2 cm³/mol. The summed E-state index contributed by atoms with van der Waals surface area (Å²) in [6.45, 7) is 4.37. The molecule has 1 heterocycles. The van der Waals surface area contributed by atoms with Crippen molar-refractivity contribution in [3.05, 3.63) is 35.6 Å². The molecule has 2 heteroatoms. The summed E-state index contributed by atoms with van der Waals surface area (Å²) >= 11 is 0. The first kappa shape index (κ1) is 16.5. The molecule has 1 saturated heterocycles. The van der Waals surface area contributed by atoms with Gasteiger partial charge in [0.05, 0.1) is 0 Å². The fourth-order valence-electron chi connectivity index (χ4n) is 3.35. The first-order valence-corrected chi connectivity index (χ1v) is 8.74. The normalized spacial score (nSPS) is 16.7. The van der Waals surface area contributed by atoms with Crippen LogP contribution in [0.5, 0.6) is 0 Å². The smallest absolute Gasteiger partial charge is 0.123 e. The summed E-state index contributed by atoms with van der Waals surface area (Å²) in [6.07, 6.45) is 12.2. The minimum Gasteiger partial charge on any atom is -0.315 e. The Bertz CT molecular complexity index is 395. The number of rotatable bonds is 10. The number of unbranched alkanes of at least 4 members (excludes halogenated alkanes) is 7. The van der Waals surface area contributed by atoms with Gasteiger partial charge in [-0.05, 0) is 24.1 Å². The topological polar surface area (TPSA) is 12.0 Å². The lowest BCUT2D eigenvalue weighted by Gasteiger charge is -2.43. The predicted octanol–water partition coefficient (Wildman–Crippen LogP) is 5.20. The van der Waals surface area contributed by atoms with E-state index in [4.69, 9.17) is 0 Å². The van der Waals surface area contributed by atoms with E-state index in [0.717, 1.165) is 13.1 Å². The van der Waals surface area contributed by atoms with Crippen LogP contribution in [0, 0.1) is 5.82 Å². The Kier molecular flexibility index (Phi) is 6.69. The molecule has 0 radical (unpaired) electrons. The Balaban J connectivity index is 1.67. The van der Waals surface area contributed by atoms with Gasteiger partial charge in [-0.25, -0.2) is 4.39 Å². The van der Waals surface area contributed by atoms with E-state index >= 15 is 0 Å². The van der Waals surface area contributed by atoms with Crippen molar-refractivity contribution in [1.82, 2.24) is 5.32 Å². The Morgan fingerprint density at radius 2 is 1.48 bits per heavy atom. The molecule has 1 aromatic carbocycles. The van der Waals surface area contributed by atoms with Gasteiger partial charge in [-0.3, -0.25) is 0 Å². The van der Waals surface area contributed by atoms with Crippen molar-refractivity contribution in [1.29, 1.82) is 0 Å². The van der Waals surface area contributed by atoms with E-state index < -0.39 is 0 Å². The molecule has 118 valence electrons. The van der Waals surface area contributed by atoms with Gasteiger partial charge in [0.15, 0.2) is 0 Å². The van der Waals surface area contributed by atoms with Gasteiger partial charge in [0, 0.05) is 18.5 Å². The fraction of sp³-hybridized carbons (Fsp3) is 0.684. The van der Waals surface area contributed by atoms with Gasteiger partial charge in [-0.1, -0.05) is 70.4 Å². The van der Waals surface area contributed by atoms with E-state index in [2.05, 4.69) is 12.2 Å². The third-order valence-corrected chi connectivity index (χ3v) is 4.89. The van der Waals surface area contributed by atoms with Crippen molar-refractivity contribution in [2.45, 2.75) is 70.1 Å². The van der Waals surface area contributed by atoms with Crippen molar-refractivity contribution in [2.75, 3.05) is 13.1 Å². The average molecular weight is 291 g/mol. The van der Waals surface area contributed by atoms with Crippen LogP contribution in [0.25, 0.3) is 0 Å². The van der Waals surface area contributed by atoms with Crippen molar-refractivity contribution in [3.63, 3.8) is 0 Å². The number of halogens is 1. The minimum absolute atomic E-state index is 0.131. The molecule has 1 aromatic rings. The van der Waals surface area contributed by atoms with Crippen LogP contribution in [0.1, 0.15) is 70.3 Å². The average Bonchev–Trinajstić information content (AvgIpc) is 2.45. The molecular formula is C19H30FN. The van der Waals surface area contributed by atoms with Crippen LogP contribution < -0.4 is 5.32 Å². The third kappa shape index (κ3) is 4.81. The highest BCUT2D eigenvalue weighted by Crippen LogP contribution is 2.34. The fourth-order valence-corrected chi connectivity index (χ4v) is 3.35. The summed E-state index contributed by atoms with van der Waals surface area (Å²) in [5.74, 6) is -0.131. The molecule has 1 aliphatic heterocycles. The first-order chi connectivity index (χ1) is 10.3. The maximum absolute atomic E-state index is 13.1. The highest BCUT2D eigenvalue weighted by atomic mass is 19.1. The number of hydrogen-bond donors (Lipinski definition) is 1. The zero-order chi connectivity index (χ0) is 15.0. The van der Waals surface area contributed by atoms with E-state index in [1.807, 2.05) is 12.1 Å². The van der Waals surface area contributed by atoms with Crippen LogP contribution in [0.15, 0.2) is 24.3 Å². The molecule has 0 aromatic heterocycles. The maximum Gasteiger partial charge on any atom is 0.123 e. The van der Waals surface area contributed by atoms with Gasteiger partial charge in [-0.2, -0.15) is 0 Å². The van der Waals surface area contributed by atoms with Crippen LogP contribution in [0.3, 0.4) is 0 Å². The molecular weight excluding hydrogens is 261 g/mol. The molecule has 0 atom stereocenters. The van der Waals surface area contributed by atoms with Gasteiger partial charge in [0.1, 0.15) is 5.82 Å². The zero-order valence-corrected chi connectivity index (χ0v) is 13.5. The molecule has 1 nitrogen and oxygen atoms in total. The Morgan fingerprint density at radius 1 is 0.905 bits per heavy atom. The first-order valence-electron chi connectivity index (χ1n) is 8.74. The molecule has 1 aliphatic rings. The number of nitrogens with one attached hydrogen (secondary N) is 1. The minimum atomic E-state index is -0.131. The Morgan fingerprint density at radius 3 is 2.00 bits per heavy atom. The monoisotopic (exact) mass is 291 g/mol. The Labute approximate surface area is 129 Å². The highest BCUT2D eigenvalue weighted by molar-refractivity contribution is 5.29. The zero-order valence-electron chi connectivity index (χ0n) is 13.5. The molecule has 1 N–H and O–H groups in total. The summed E-state index contributed by atoms with van der Waals surface area (Å²) in [5.41, 5.74) is 1.58. The SMILES string of the molecule is CCCCCCCCCCC1(c2ccc(F)cc2)CNC1. The molecule has 2 rings (SSSR count). The van der Waals surface area contributed by atoms with Gasteiger partial charge < -0.3 is 5.32 Å². The van der Waals surface area contributed by atoms with E-state index in [9.17, 15) is 4.39 Å². The second-order valence-electron chi connectivity index (χ2n) is 6.62. The number of benzene rings is 1.